The summed E-state index contributed by atoms with van der Waals surface area (Å²) in [6.45, 7) is 4.34. The van der Waals surface area contributed by atoms with Crippen molar-refractivity contribution in [2.45, 2.75) is 32.7 Å². The minimum atomic E-state index is -0.153. The van der Waals surface area contributed by atoms with Crippen molar-refractivity contribution in [2.24, 2.45) is 5.41 Å². The Labute approximate surface area is 165 Å². The van der Waals surface area contributed by atoms with Crippen molar-refractivity contribution in [3.63, 3.8) is 0 Å². The Hall–Kier alpha value is -3.07. The number of carbonyl (C=O) groups excluding carboxylic acids is 1. The number of rotatable bonds is 1. The van der Waals surface area contributed by atoms with Gasteiger partial charge in [0, 0.05) is 17.7 Å². The Bertz CT molecular complexity index is 1130. The average Bonchev–Trinajstić information content (AvgIpc) is 2.83. The molecule has 3 aromatic rings. The van der Waals surface area contributed by atoms with Gasteiger partial charge in [0.15, 0.2) is 5.78 Å². The van der Waals surface area contributed by atoms with E-state index < -0.39 is 0 Å². The Morgan fingerprint density at radius 3 is 2.39 bits per heavy atom. The predicted octanol–water partition coefficient (Wildman–Crippen LogP) is 6.06. The number of para-hydroxylation sites is 2. The normalized spacial score (nSPS) is 20.6. The van der Waals surface area contributed by atoms with Crippen LogP contribution in [0.15, 0.2) is 78.0 Å². The van der Waals surface area contributed by atoms with E-state index in [1.54, 1.807) is 0 Å². The second-order valence-electron chi connectivity index (χ2n) is 8.69. The van der Waals surface area contributed by atoms with Crippen LogP contribution < -0.4 is 10.6 Å². The number of fused-ring (bicyclic) bond motifs is 2. The van der Waals surface area contributed by atoms with Crippen LogP contribution in [0.4, 0.5) is 11.4 Å². The first-order valence-electron chi connectivity index (χ1n) is 9.88. The van der Waals surface area contributed by atoms with Crippen LogP contribution in [-0.2, 0) is 4.79 Å². The van der Waals surface area contributed by atoms with Crippen LogP contribution in [0.3, 0.4) is 0 Å². The molecule has 1 atom stereocenters. The van der Waals surface area contributed by atoms with Gasteiger partial charge < -0.3 is 10.6 Å². The van der Waals surface area contributed by atoms with Crippen LogP contribution in [0.5, 0.6) is 0 Å². The third kappa shape index (κ3) is 2.88. The molecular formula is C25H24N2O. The van der Waals surface area contributed by atoms with Gasteiger partial charge in [-0.05, 0) is 46.4 Å². The van der Waals surface area contributed by atoms with E-state index >= 15 is 0 Å². The molecule has 0 fully saturated rings. The highest BCUT2D eigenvalue weighted by molar-refractivity contribution is 6.01. The molecule has 28 heavy (non-hydrogen) atoms. The molecule has 0 spiro atoms. The summed E-state index contributed by atoms with van der Waals surface area (Å²) in [5.41, 5.74) is 5.08. The molecule has 3 nitrogen and oxygen atoms in total. The highest BCUT2D eigenvalue weighted by Crippen LogP contribution is 2.45. The van der Waals surface area contributed by atoms with Crippen LogP contribution in [0.25, 0.3) is 10.8 Å². The van der Waals surface area contributed by atoms with Gasteiger partial charge in [-0.25, -0.2) is 0 Å². The summed E-state index contributed by atoms with van der Waals surface area (Å²) in [6, 6.07) is 22.9. The van der Waals surface area contributed by atoms with Gasteiger partial charge in [-0.1, -0.05) is 62.4 Å². The molecule has 0 bridgehead atoms. The van der Waals surface area contributed by atoms with E-state index in [4.69, 9.17) is 0 Å². The second kappa shape index (κ2) is 6.23. The molecule has 2 aliphatic rings. The second-order valence-corrected chi connectivity index (χ2v) is 8.69. The predicted molar refractivity (Wildman–Crippen MR) is 115 cm³/mol. The minimum absolute atomic E-state index is 0.0316. The average molecular weight is 368 g/mol. The van der Waals surface area contributed by atoms with Crippen LogP contribution in [0.2, 0.25) is 0 Å². The van der Waals surface area contributed by atoms with Gasteiger partial charge in [-0.15, -0.1) is 0 Å². The van der Waals surface area contributed by atoms with Crippen molar-refractivity contribution in [1.82, 2.24) is 0 Å². The maximum absolute atomic E-state index is 13.3. The molecule has 0 saturated carbocycles. The molecule has 140 valence electrons. The summed E-state index contributed by atoms with van der Waals surface area (Å²) >= 11 is 0. The molecule has 2 N–H and O–H groups in total. The highest BCUT2D eigenvalue weighted by Gasteiger charge is 2.38. The number of carbonyl (C=O) groups is 1. The first kappa shape index (κ1) is 17.1. The summed E-state index contributed by atoms with van der Waals surface area (Å²) in [5.74, 6) is 0.234. The van der Waals surface area contributed by atoms with Gasteiger partial charge in [0.2, 0.25) is 0 Å². The summed E-state index contributed by atoms with van der Waals surface area (Å²) in [6.07, 6.45) is 1.45. The molecule has 1 heterocycles. The highest BCUT2D eigenvalue weighted by atomic mass is 16.1. The molecule has 0 radical (unpaired) electrons. The van der Waals surface area contributed by atoms with E-state index in [9.17, 15) is 4.79 Å². The van der Waals surface area contributed by atoms with Crippen LogP contribution in [-0.4, -0.2) is 5.78 Å². The number of benzene rings is 3. The van der Waals surface area contributed by atoms with E-state index in [0.717, 1.165) is 34.6 Å². The lowest BCUT2D eigenvalue weighted by atomic mass is 9.73. The van der Waals surface area contributed by atoms with Gasteiger partial charge in [-0.3, -0.25) is 4.79 Å². The molecule has 3 aromatic carbocycles. The zero-order valence-electron chi connectivity index (χ0n) is 16.3. The summed E-state index contributed by atoms with van der Waals surface area (Å²) < 4.78 is 0. The van der Waals surface area contributed by atoms with E-state index in [2.05, 4.69) is 79.1 Å². The quantitative estimate of drug-likeness (QED) is 0.548. The lowest BCUT2D eigenvalue weighted by Gasteiger charge is -2.34. The summed E-state index contributed by atoms with van der Waals surface area (Å²) in [4.78, 5) is 13.3. The fourth-order valence-corrected chi connectivity index (χ4v) is 4.53. The summed E-state index contributed by atoms with van der Waals surface area (Å²) in [5, 5.41) is 9.64. The zero-order chi connectivity index (χ0) is 19.3. The fourth-order valence-electron chi connectivity index (χ4n) is 4.53. The number of hydrogen-bond donors (Lipinski definition) is 2. The Balaban J connectivity index is 1.70. The van der Waals surface area contributed by atoms with E-state index in [1.165, 1.54) is 10.8 Å². The van der Waals surface area contributed by atoms with E-state index in [0.29, 0.717) is 6.42 Å². The van der Waals surface area contributed by atoms with Crippen LogP contribution in [0.1, 0.15) is 38.3 Å². The molecule has 1 aliphatic carbocycles. The van der Waals surface area contributed by atoms with Gasteiger partial charge in [0.1, 0.15) is 0 Å². The van der Waals surface area contributed by atoms with E-state index in [-0.39, 0.29) is 17.2 Å². The Morgan fingerprint density at radius 2 is 1.57 bits per heavy atom. The maximum atomic E-state index is 13.3. The standard InChI is InChI=1S/C25H24N2O/c1-25(2)14-21-23(22(28)15-25)24(27-20-10-6-5-9-19(20)26-21)18-12-11-16-7-3-4-8-17(16)13-18/h3-13,24,26-27H,14-15H2,1-2H3/t24-/m0/s1. The number of allylic oxidation sites excluding steroid dienone is 1. The van der Waals surface area contributed by atoms with Crippen molar-refractivity contribution in [1.29, 1.82) is 0 Å². The number of anilines is 2. The number of hydrogen-bond acceptors (Lipinski definition) is 3. The monoisotopic (exact) mass is 368 g/mol. The largest absolute Gasteiger partial charge is 0.372 e. The third-order valence-electron chi connectivity index (χ3n) is 5.83. The fraction of sp³-hybridized carbons (Fsp3) is 0.240. The van der Waals surface area contributed by atoms with Gasteiger partial charge in [0.05, 0.1) is 17.4 Å². The first-order chi connectivity index (χ1) is 13.5. The SMILES string of the molecule is CC1(C)CC(=O)C2=C(C1)Nc1ccccc1N[C@H]2c1ccc2ccccc2c1. The molecule has 0 aromatic heterocycles. The molecule has 5 rings (SSSR count). The van der Waals surface area contributed by atoms with Crippen molar-refractivity contribution in [2.75, 3.05) is 10.6 Å². The van der Waals surface area contributed by atoms with Crippen molar-refractivity contribution in [3.05, 3.63) is 83.6 Å². The smallest absolute Gasteiger partial charge is 0.163 e. The lowest BCUT2D eigenvalue weighted by molar-refractivity contribution is -0.118. The summed E-state index contributed by atoms with van der Waals surface area (Å²) in [7, 11) is 0. The molecular weight excluding hydrogens is 344 g/mol. The van der Waals surface area contributed by atoms with Crippen LogP contribution in [0, 0.1) is 5.41 Å². The van der Waals surface area contributed by atoms with Crippen molar-refractivity contribution < 1.29 is 4.79 Å². The molecule has 3 heteroatoms. The lowest BCUT2D eigenvalue weighted by Crippen LogP contribution is -2.31. The Morgan fingerprint density at radius 1 is 0.857 bits per heavy atom. The van der Waals surface area contributed by atoms with Crippen LogP contribution >= 0.6 is 0 Å². The van der Waals surface area contributed by atoms with E-state index in [1.807, 2.05) is 12.1 Å². The zero-order valence-corrected chi connectivity index (χ0v) is 16.3. The van der Waals surface area contributed by atoms with Crippen molar-refractivity contribution >= 4 is 27.9 Å². The number of ketones is 1. The molecule has 0 saturated heterocycles. The third-order valence-corrected chi connectivity index (χ3v) is 5.83. The maximum Gasteiger partial charge on any atom is 0.163 e. The Kier molecular flexibility index (Phi) is 3.80. The van der Waals surface area contributed by atoms with Gasteiger partial charge in [-0.2, -0.15) is 0 Å². The first-order valence-corrected chi connectivity index (χ1v) is 9.88. The molecule has 0 amide bonds. The number of nitrogens with one attached hydrogen (secondary N) is 2. The van der Waals surface area contributed by atoms with Crippen molar-refractivity contribution in [3.8, 4) is 0 Å². The van der Waals surface area contributed by atoms with Gasteiger partial charge in [0.25, 0.3) is 0 Å². The van der Waals surface area contributed by atoms with Gasteiger partial charge >= 0.3 is 0 Å². The molecule has 1 aliphatic heterocycles. The molecule has 0 unspecified atom stereocenters. The minimum Gasteiger partial charge on any atom is -0.372 e. The topological polar surface area (TPSA) is 41.1 Å². The number of Topliss-reactive ketones (excluding diaryl/α,β-unsaturated/α-hetero) is 1.